The maximum atomic E-state index is 11.3. The molecule has 0 fully saturated rings. The Labute approximate surface area is 65.8 Å². The molecule has 1 N–H and O–H groups in total. The molecule has 1 aromatic heterocycles. The number of hydrogen-bond acceptors (Lipinski definition) is 2. The van der Waals surface area contributed by atoms with E-state index in [1.54, 1.807) is 0 Å². The first-order valence-corrected chi connectivity index (χ1v) is 3.71. The zero-order chi connectivity index (χ0) is 8.43. The van der Waals surface area contributed by atoms with Crippen molar-refractivity contribution in [2.75, 3.05) is 0 Å². The second-order valence-corrected chi connectivity index (χ2v) is 2.59. The van der Waals surface area contributed by atoms with E-state index in [2.05, 4.69) is 10.2 Å². The van der Waals surface area contributed by atoms with Crippen molar-refractivity contribution >= 4 is 5.78 Å². The molecule has 0 aliphatic rings. The maximum absolute atomic E-state index is 11.3. The Hall–Kier alpha value is -1.12. The number of aromatic amines is 1. The van der Waals surface area contributed by atoms with Crippen LogP contribution < -0.4 is 0 Å². The van der Waals surface area contributed by atoms with Gasteiger partial charge in [-0.1, -0.05) is 6.92 Å². The Kier molecular flexibility index (Phi) is 2.08. The molecule has 0 radical (unpaired) electrons. The molecule has 0 aromatic carbocycles. The van der Waals surface area contributed by atoms with Crippen LogP contribution in [0.5, 0.6) is 0 Å². The summed E-state index contributed by atoms with van der Waals surface area (Å²) < 4.78 is 0. The molecular formula is C8H12N2O. The van der Waals surface area contributed by atoms with Crippen LogP contribution in [0.2, 0.25) is 0 Å². The van der Waals surface area contributed by atoms with Crippen LogP contribution in [0.25, 0.3) is 0 Å². The molecule has 3 heteroatoms. The molecule has 0 aliphatic heterocycles. The lowest BCUT2D eigenvalue weighted by atomic mass is 10.1. The van der Waals surface area contributed by atoms with Gasteiger partial charge in [0.2, 0.25) is 0 Å². The number of aromatic nitrogens is 2. The molecule has 0 bridgehead atoms. The predicted octanol–water partition coefficient (Wildman–Crippen LogP) is 1.62. The van der Waals surface area contributed by atoms with Crippen LogP contribution in [0.3, 0.4) is 0 Å². The summed E-state index contributed by atoms with van der Waals surface area (Å²) in [4.78, 5) is 11.3. The van der Waals surface area contributed by atoms with E-state index in [1.807, 2.05) is 20.8 Å². The van der Waals surface area contributed by atoms with E-state index in [4.69, 9.17) is 0 Å². The summed E-state index contributed by atoms with van der Waals surface area (Å²) in [6.07, 6.45) is 0.543. The topological polar surface area (TPSA) is 45.8 Å². The highest BCUT2D eigenvalue weighted by molar-refractivity contribution is 5.97. The van der Waals surface area contributed by atoms with Crippen molar-refractivity contribution in [1.29, 1.82) is 0 Å². The summed E-state index contributed by atoms with van der Waals surface area (Å²) in [7, 11) is 0. The Balaban J connectivity index is 3.10. The third-order valence-corrected chi connectivity index (χ3v) is 1.73. The van der Waals surface area contributed by atoms with Gasteiger partial charge in [0.25, 0.3) is 0 Å². The fourth-order valence-electron chi connectivity index (χ4n) is 1.14. The zero-order valence-electron chi connectivity index (χ0n) is 7.06. The van der Waals surface area contributed by atoms with Gasteiger partial charge in [-0.05, 0) is 13.8 Å². The first kappa shape index (κ1) is 7.98. The lowest BCUT2D eigenvalue weighted by Crippen LogP contribution is -1.99. The Morgan fingerprint density at radius 3 is 2.55 bits per heavy atom. The van der Waals surface area contributed by atoms with Crippen molar-refractivity contribution in [1.82, 2.24) is 10.2 Å². The molecule has 0 atom stereocenters. The van der Waals surface area contributed by atoms with Crippen molar-refractivity contribution in [2.45, 2.75) is 27.2 Å². The Morgan fingerprint density at radius 2 is 2.18 bits per heavy atom. The average Bonchev–Trinajstić information content (AvgIpc) is 2.30. The third-order valence-electron chi connectivity index (χ3n) is 1.73. The summed E-state index contributed by atoms with van der Waals surface area (Å²) in [6, 6.07) is 0. The van der Waals surface area contributed by atoms with Crippen LogP contribution in [-0.4, -0.2) is 16.0 Å². The molecular weight excluding hydrogens is 140 g/mol. The van der Waals surface area contributed by atoms with Crippen molar-refractivity contribution in [3.05, 3.63) is 17.0 Å². The summed E-state index contributed by atoms with van der Waals surface area (Å²) in [5, 5.41) is 6.72. The summed E-state index contributed by atoms with van der Waals surface area (Å²) in [5.74, 6) is 0.161. The molecule has 60 valence electrons. The van der Waals surface area contributed by atoms with Gasteiger partial charge in [-0.15, -0.1) is 0 Å². The minimum absolute atomic E-state index is 0.161. The molecule has 11 heavy (non-hydrogen) atoms. The molecule has 0 saturated carbocycles. The molecule has 3 nitrogen and oxygen atoms in total. The second-order valence-electron chi connectivity index (χ2n) is 2.59. The SMILES string of the molecule is CCC(=O)c1c(C)n[nH]c1C. The first-order chi connectivity index (χ1) is 5.16. The summed E-state index contributed by atoms with van der Waals surface area (Å²) in [6.45, 7) is 5.56. The number of rotatable bonds is 2. The van der Waals surface area contributed by atoms with Crippen LogP contribution in [0.4, 0.5) is 0 Å². The highest BCUT2D eigenvalue weighted by Gasteiger charge is 2.12. The van der Waals surface area contributed by atoms with Crippen molar-refractivity contribution < 1.29 is 4.79 Å². The molecule has 0 unspecified atom stereocenters. The van der Waals surface area contributed by atoms with Gasteiger partial charge < -0.3 is 0 Å². The Bertz CT molecular complexity index is 256. The standard InChI is InChI=1S/C8H12N2O/c1-4-7(11)8-5(2)9-10-6(8)3/h4H2,1-3H3,(H,9,10). The highest BCUT2D eigenvalue weighted by atomic mass is 16.1. The molecule has 0 aliphatic carbocycles. The third kappa shape index (κ3) is 1.31. The smallest absolute Gasteiger partial charge is 0.166 e. The highest BCUT2D eigenvalue weighted by Crippen LogP contribution is 2.11. The van der Waals surface area contributed by atoms with E-state index < -0.39 is 0 Å². The first-order valence-electron chi connectivity index (χ1n) is 3.71. The maximum Gasteiger partial charge on any atom is 0.166 e. The van der Waals surface area contributed by atoms with Crippen LogP contribution >= 0.6 is 0 Å². The van der Waals surface area contributed by atoms with Gasteiger partial charge >= 0.3 is 0 Å². The number of hydrogen-bond donors (Lipinski definition) is 1. The van der Waals surface area contributed by atoms with Gasteiger partial charge in [0.05, 0.1) is 11.3 Å². The monoisotopic (exact) mass is 152 g/mol. The van der Waals surface area contributed by atoms with Gasteiger partial charge in [-0.3, -0.25) is 9.89 Å². The van der Waals surface area contributed by atoms with Gasteiger partial charge in [0.1, 0.15) is 0 Å². The number of ketones is 1. The quantitative estimate of drug-likeness (QED) is 0.654. The van der Waals surface area contributed by atoms with Crippen LogP contribution in [0, 0.1) is 13.8 Å². The second kappa shape index (κ2) is 2.86. The van der Waals surface area contributed by atoms with Crippen LogP contribution in [0.15, 0.2) is 0 Å². The van der Waals surface area contributed by atoms with Crippen molar-refractivity contribution in [3.63, 3.8) is 0 Å². The van der Waals surface area contributed by atoms with E-state index in [1.165, 1.54) is 0 Å². The number of carbonyl (C=O) groups is 1. The minimum atomic E-state index is 0.161. The van der Waals surface area contributed by atoms with E-state index in [-0.39, 0.29) is 5.78 Å². The van der Waals surface area contributed by atoms with Gasteiger partial charge in [0, 0.05) is 12.1 Å². The van der Waals surface area contributed by atoms with Gasteiger partial charge in [-0.25, -0.2) is 0 Å². The predicted molar refractivity (Wildman–Crippen MR) is 42.7 cm³/mol. The largest absolute Gasteiger partial charge is 0.294 e. The molecule has 1 heterocycles. The van der Waals surface area contributed by atoms with Crippen molar-refractivity contribution in [3.8, 4) is 0 Å². The number of nitrogens with zero attached hydrogens (tertiary/aromatic N) is 1. The van der Waals surface area contributed by atoms with Gasteiger partial charge in [-0.2, -0.15) is 5.10 Å². The van der Waals surface area contributed by atoms with E-state index in [0.717, 1.165) is 17.0 Å². The van der Waals surface area contributed by atoms with E-state index >= 15 is 0 Å². The number of Topliss-reactive ketones (excluding diaryl/α,β-unsaturated/α-hetero) is 1. The number of carbonyl (C=O) groups excluding carboxylic acids is 1. The fraction of sp³-hybridized carbons (Fsp3) is 0.500. The lowest BCUT2D eigenvalue weighted by molar-refractivity contribution is 0.0987. The number of nitrogens with one attached hydrogen (secondary N) is 1. The molecule has 1 rings (SSSR count). The van der Waals surface area contributed by atoms with Gasteiger partial charge in [0.15, 0.2) is 5.78 Å². The van der Waals surface area contributed by atoms with Crippen molar-refractivity contribution in [2.24, 2.45) is 0 Å². The summed E-state index contributed by atoms with van der Waals surface area (Å²) >= 11 is 0. The lowest BCUT2D eigenvalue weighted by Gasteiger charge is -1.94. The minimum Gasteiger partial charge on any atom is -0.294 e. The fourth-order valence-corrected chi connectivity index (χ4v) is 1.14. The molecule has 1 aromatic rings. The Morgan fingerprint density at radius 1 is 1.55 bits per heavy atom. The molecule has 0 amide bonds. The van der Waals surface area contributed by atoms with E-state index in [9.17, 15) is 4.79 Å². The number of H-pyrrole nitrogens is 1. The van der Waals surface area contributed by atoms with Crippen LogP contribution in [0.1, 0.15) is 35.1 Å². The van der Waals surface area contributed by atoms with E-state index in [0.29, 0.717) is 6.42 Å². The molecule has 0 spiro atoms. The summed E-state index contributed by atoms with van der Waals surface area (Å²) in [5.41, 5.74) is 2.43. The number of aryl methyl sites for hydroxylation is 2. The zero-order valence-corrected chi connectivity index (χ0v) is 7.06. The average molecular weight is 152 g/mol. The molecule has 0 saturated heterocycles. The van der Waals surface area contributed by atoms with Crippen LogP contribution in [-0.2, 0) is 0 Å². The normalized spacial score (nSPS) is 10.1.